The van der Waals surface area contributed by atoms with Crippen molar-refractivity contribution in [2.45, 2.75) is 65.6 Å². The zero-order chi connectivity index (χ0) is 26.8. The molecule has 2 atom stereocenters. The quantitative estimate of drug-likeness (QED) is 0.261. The Morgan fingerprint density at radius 2 is 1.80 bits per heavy atom. The number of hydrogen-bond acceptors (Lipinski definition) is 7. The van der Waals surface area contributed by atoms with Gasteiger partial charge in [0, 0.05) is 18.2 Å². The summed E-state index contributed by atoms with van der Waals surface area (Å²) in [6.07, 6.45) is 4.75. The van der Waals surface area contributed by atoms with E-state index in [1.54, 1.807) is 53.7 Å². The molecule has 0 aliphatic rings. The van der Waals surface area contributed by atoms with E-state index in [9.17, 15) is 24.3 Å². The van der Waals surface area contributed by atoms with Crippen LogP contribution in [0.1, 0.15) is 59.6 Å². The third kappa shape index (κ3) is 9.20. The second-order valence-electron chi connectivity index (χ2n) is 9.01. The average molecular weight is 490 g/mol. The smallest absolute Gasteiger partial charge is 0.408 e. The van der Waals surface area contributed by atoms with Gasteiger partial charge >= 0.3 is 12.1 Å². The van der Waals surface area contributed by atoms with Crippen molar-refractivity contribution in [3.63, 3.8) is 0 Å². The van der Waals surface area contributed by atoms with E-state index in [2.05, 4.69) is 16.7 Å². The second kappa shape index (κ2) is 13.2. The minimum atomic E-state index is -1.43. The molecule has 10 nitrogen and oxygen atoms in total. The van der Waals surface area contributed by atoms with E-state index in [0.29, 0.717) is 0 Å². The Hall–Kier alpha value is -3.74. The summed E-state index contributed by atoms with van der Waals surface area (Å²) in [5, 5.41) is 15.5. The minimum Gasteiger partial charge on any atom is -0.508 e. The molecule has 3 N–H and O–H groups in total. The van der Waals surface area contributed by atoms with Gasteiger partial charge in [0.2, 0.25) is 5.91 Å². The number of terminal acetylenes is 1. The summed E-state index contributed by atoms with van der Waals surface area (Å²) in [6, 6.07) is 5.59. The fourth-order valence-corrected chi connectivity index (χ4v) is 3.10. The van der Waals surface area contributed by atoms with Crippen LogP contribution in [0.3, 0.4) is 0 Å². The maximum Gasteiger partial charge on any atom is 0.408 e. The lowest BCUT2D eigenvalue weighted by Gasteiger charge is -2.32. The van der Waals surface area contributed by atoms with Gasteiger partial charge in [-0.3, -0.25) is 19.3 Å². The first-order chi connectivity index (χ1) is 16.3. The fourth-order valence-electron chi connectivity index (χ4n) is 3.10. The summed E-state index contributed by atoms with van der Waals surface area (Å²) in [4.78, 5) is 51.5. The SMILES string of the molecule is C#CN(C(=O)C(NC(=O)OC(C)(C)C)C(C)C)C(C(=O)NCCC(=O)OCC)c1ccccc1O. The highest BCUT2D eigenvalue weighted by Gasteiger charge is 2.38. The highest BCUT2D eigenvalue weighted by atomic mass is 16.6. The van der Waals surface area contributed by atoms with Crippen molar-refractivity contribution in [1.82, 2.24) is 15.5 Å². The van der Waals surface area contributed by atoms with E-state index in [4.69, 9.17) is 15.9 Å². The molecule has 0 spiro atoms. The van der Waals surface area contributed by atoms with E-state index >= 15 is 0 Å². The number of benzene rings is 1. The number of carbonyl (C=O) groups excluding carboxylic acids is 4. The van der Waals surface area contributed by atoms with Crippen LogP contribution in [-0.2, 0) is 23.9 Å². The van der Waals surface area contributed by atoms with Crippen LogP contribution in [0.4, 0.5) is 4.79 Å². The van der Waals surface area contributed by atoms with Crippen LogP contribution >= 0.6 is 0 Å². The Morgan fingerprint density at radius 1 is 1.17 bits per heavy atom. The molecule has 10 heteroatoms. The summed E-state index contributed by atoms with van der Waals surface area (Å²) in [6.45, 7) is 10.2. The highest BCUT2D eigenvalue weighted by molar-refractivity contribution is 5.93. The highest BCUT2D eigenvalue weighted by Crippen LogP contribution is 2.29. The number of rotatable bonds is 10. The van der Waals surface area contributed by atoms with Crippen molar-refractivity contribution in [2.75, 3.05) is 13.2 Å². The zero-order valence-corrected chi connectivity index (χ0v) is 21.1. The molecular weight excluding hydrogens is 454 g/mol. The number of nitrogens with one attached hydrogen (secondary N) is 2. The number of amides is 3. The number of phenols is 1. The van der Waals surface area contributed by atoms with Crippen molar-refractivity contribution in [3.8, 4) is 18.2 Å². The van der Waals surface area contributed by atoms with Gasteiger partial charge in [-0.05, 0) is 39.7 Å². The Morgan fingerprint density at radius 3 is 2.31 bits per heavy atom. The van der Waals surface area contributed by atoms with Crippen molar-refractivity contribution in [1.29, 1.82) is 0 Å². The van der Waals surface area contributed by atoms with E-state index in [0.717, 1.165) is 4.90 Å². The van der Waals surface area contributed by atoms with E-state index in [-0.39, 0.29) is 30.9 Å². The molecule has 35 heavy (non-hydrogen) atoms. The van der Waals surface area contributed by atoms with Crippen molar-refractivity contribution >= 4 is 23.9 Å². The van der Waals surface area contributed by atoms with Crippen molar-refractivity contribution in [3.05, 3.63) is 29.8 Å². The molecule has 0 saturated carbocycles. The lowest BCUT2D eigenvalue weighted by atomic mass is 9.99. The van der Waals surface area contributed by atoms with Gasteiger partial charge in [-0.15, -0.1) is 0 Å². The van der Waals surface area contributed by atoms with Crippen LogP contribution in [0.2, 0.25) is 0 Å². The van der Waals surface area contributed by atoms with E-state index in [1.807, 2.05) is 0 Å². The summed E-state index contributed by atoms with van der Waals surface area (Å²) < 4.78 is 10.1. The first-order valence-corrected chi connectivity index (χ1v) is 11.3. The normalized spacial score (nSPS) is 12.6. The minimum absolute atomic E-state index is 0.0713. The van der Waals surface area contributed by atoms with Crippen molar-refractivity contribution in [2.24, 2.45) is 5.92 Å². The molecule has 0 aromatic heterocycles. The number of para-hydroxylation sites is 1. The van der Waals surface area contributed by atoms with Gasteiger partial charge in [0.15, 0.2) is 6.04 Å². The van der Waals surface area contributed by atoms with Crippen LogP contribution < -0.4 is 10.6 Å². The zero-order valence-electron chi connectivity index (χ0n) is 21.1. The number of aromatic hydroxyl groups is 1. The number of esters is 1. The fraction of sp³-hybridized carbons (Fsp3) is 0.520. The average Bonchev–Trinajstić information content (AvgIpc) is 2.74. The Labute approximate surface area is 206 Å². The number of hydrogen-bond donors (Lipinski definition) is 3. The molecule has 2 unspecified atom stereocenters. The van der Waals surface area contributed by atoms with Crippen LogP contribution in [0.25, 0.3) is 0 Å². The van der Waals surface area contributed by atoms with E-state index < -0.39 is 47.5 Å². The third-order valence-corrected chi connectivity index (χ3v) is 4.65. The maximum atomic E-state index is 13.5. The topological polar surface area (TPSA) is 134 Å². The summed E-state index contributed by atoms with van der Waals surface area (Å²) in [5.41, 5.74) is -0.718. The summed E-state index contributed by atoms with van der Waals surface area (Å²) in [7, 11) is 0. The first-order valence-electron chi connectivity index (χ1n) is 11.3. The van der Waals surface area contributed by atoms with Gasteiger partial charge in [-0.2, -0.15) is 0 Å². The molecule has 0 fully saturated rings. The molecular formula is C25H35N3O7. The monoisotopic (exact) mass is 489 g/mol. The van der Waals surface area contributed by atoms with Gasteiger partial charge in [0.25, 0.3) is 5.91 Å². The number of alkyl carbamates (subject to hydrolysis) is 1. The summed E-state index contributed by atoms with van der Waals surface area (Å²) in [5.74, 6) is -2.64. The maximum absolute atomic E-state index is 13.5. The molecule has 0 aliphatic heterocycles. The standard InChI is InChI=1S/C25H35N3O7/c1-8-28(23(32)20(16(3)4)27-24(33)35-25(5,6)7)21(17-12-10-11-13-18(17)29)22(31)26-15-14-19(30)34-9-2/h1,10-13,16,20-21,29H,9,14-15H2,2-7H3,(H,26,31)(H,27,33). The predicted molar refractivity (Wildman–Crippen MR) is 129 cm³/mol. The van der Waals surface area contributed by atoms with Gasteiger partial charge in [-0.1, -0.05) is 38.5 Å². The van der Waals surface area contributed by atoms with Gasteiger partial charge < -0.3 is 25.2 Å². The number of carbonyl (C=O) groups is 4. The summed E-state index contributed by atoms with van der Waals surface area (Å²) >= 11 is 0. The molecule has 0 saturated heterocycles. The largest absolute Gasteiger partial charge is 0.508 e. The van der Waals surface area contributed by atoms with E-state index in [1.165, 1.54) is 12.1 Å². The van der Waals surface area contributed by atoms with Gasteiger partial charge in [-0.25, -0.2) is 4.79 Å². The number of phenolic OH excluding ortho intramolecular Hbond substituents is 1. The molecule has 0 aliphatic carbocycles. The lowest BCUT2D eigenvalue weighted by Crippen LogP contribution is -2.53. The van der Waals surface area contributed by atoms with Crippen LogP contribution in [0.15, 0.2) is 24.3 Å². The Kier molecular flexibility index (Phi) is 11.1. The van der Waals surface area contributed by atoms with Gasteiger partial charge in [0.1, 0.15) is 17.4 Å². The molecule has 0 bridgehead atoms. The van der Waals surface area contributed by atoms with Crippen LogP contribution in [0.5, 0.6) is 5.75 Å². The Bertz CT molecular complexity index is 947. The molecule has 1 aromatic carbocycles. The van der Waals surface area contributed by atoms with Crippen LogP contribution in [0, 0.1) is 18.4 Å². The second-order valence-corrected chi connectivity index (χ2v) is 9.01. The molecule has 0 radical (unpaired) electrons. The third-order valence-electron chi connectivity index (χ3n) is 4.65. The Balaban J connectivity index is 3.27. The molecule has 192 valence electrons. The molecule has 0 heterocycles. The van der Waals surface area contributed by atoms with Gasteiger partial charge in [0.05, 0.1) is 13.0 Å². The van der Waals surface area contributed by atoms with Crippen molar-refractivity contribution < 1.29 is 33.8 Å². The van der Waals surface area contributed by atoms with Crippen LogP contribution in [-0.4, -0.2) is 58.7 Å². The molecule has 1 rings (SSSR count). The molecule has 1 aromatic rings. The predicted octanol–water partition coefficient (Wildman–Crippen LogP) is 2.47. The molecule has 3 amide bonds. The first kappa shape index (κ1) is 29.3. The number of nitrogens with zero attached hydrogens (tertiary/aromatic N) is 1. The number of ether oxygens (including phenoxy) is 2. The lowest BCUT2D eigenvalue weighted by molar-refractivity contribution is -0.143.